The van der Waals surface area contributed by atoms with Gasteiger partial charge in [-0.3, -0.25) is 14.6 Å². The highest BCUT2D eigenvalue weighted by Gasteiger charge is 2.31. The highest BCUT2D eigenvalue weighted by atomic mass is 32.2. The molecule has 1 heterocycles. The molecule has 1 aromatic carbocycles. The van der Waals surface area contributed by atoms with Gasteiger partial charge in [-0.15, -0.1) is 0 Å². The van der Waals surface area contributed by atoms with Gasteiger partial charge in [-0.1, -0.05) is 18.2 Å². The minimum absolute atomic E-state index is 0.176. The van der Waals surface area contributed by atoms with E-state index in [1.807, 2.05) is 13.0 Å². The zero-order valence-corrected chi connectivity index (χ0v) is 17.5. The molecular formula is C20H25N3O5S. The van der Waals surface area contributed by atoms with E-state index in [1.165, 1.54) is 19.5 Å². The van der Waals surface area contributed by atoms with Gasteiger partial charge in [0.15, 0.2) is 9.84 Å². The van der Waals surface area contributed by atoms with Crippen molar-refractivity contribution >= 4 is 21.7 Å². The maximum absolute atomic E-state index is 13.4. The molecular weight excluding hydrogens is 394 g/mol. The number of rotatable bonds is 8. The number of hydrogen-bond donors (Lipinski definition) is 2. The summed E-state index contributed by atoms with van der Waals surface area (Å²) in [5, 5.41) is 3.72. The summed E-state index contributed by atoms with van der Waals surface area (Å²) in [6.45, 7) is 3.70. The third-order valence-electron chi connectivity index (χ3n) is 4.33. The topological polar surface area (TPSA) is 114 Å². The average molecular weight is 420 g/mol. The highest BCUT2D eigenvalue weighted by Crippen LogP contribution is 2.30. The Morgan fingerprint density at radius 3 is 2.52 bits per heavy atom. The third-order valence-corrected chi connectivity index (χ3v) is 6.57. The molecule has 0 bridgehead atoms. The molecule has 156 valence electrons. The van der Waals surface area contributed by atoms with Gasteiger partial charge in [0.25, 0.3) is 0 Å². The van der Waals surface area contributed by atoms with Crippen LogP contribution in [-0.4, -0.2) is 52.0 Å². The fourth-order valence-electron chi connectivity index (χ4n) is 2.75. The van der Waals surface area contributed by atoms with Crippen molar-refractivity contribution in [1.29, 1.82) is 0 Å². The van der Waals surface area contributed by atoms with Crippen LogP contribution in [0.4, 0.5) is 0 Å². The lowest BCUT2D eigenvalue weighted by Crippen LogP contribution is -2.43. The van der Waals surface area contributed by atoms with Gasteiger partial charge in [0.1, 0.15) is 5.25 Å². The van der Waals surface area contributed by atoms with Crippen LogP contribution in [0.5, 0.6) is 0 Å². The smallest absolute Gasteiger partial charge is 0.309 e. The molecule has 29 heavy (non-hydrogen) atoms. The molecule has 0 saturated heterocycles. The van der Waals surface area contributed by atoms with Gasteiger partial charge >= 0.3 is 11.8 Å². The molecule has 8 nitrogen and oxygen atoms in total. The van der Waals surface area contributed by atoms with E-state index in [4.69, 9.17) is 4.74 Å². The summed E-state index contributed by atoms with van der Waals surface area (Å²) in [5.74, 6) is -1.76. The monoisotopic (exact) mass is 419 g/mol. The quantitative estimate of drug-likeness (QED) is 0.489. The first-order chi connectivity index (χ1) is 13.8. The molecule has 0 radical (unpaired) electrons. The Balaban J connectivity index is 2.28. The van der Waals surface area contributed by atoms with Crippen LogP contribution in [0.1, 0.15) is 21.9 Å². The fourth-order valence-corrected chi connectivity index (χ4v) is 4.73. The Bertz CT molecular complexity index is 961. The van der Waals surface area contributed by atoms with Crippen molar-refractivity contribution in [3.63, 3.8) is 0 Å². The van der Waals surface area contributed by atoms with Gasteiger partial charge in [0, 0.05) is 32.6 Å². The second kappa shape index (κ2) is 10.1. The van der Waals surface area contributed by atoms with E-state index in [-0.39, 0.29) is 24.6 Å². The first-order valence-electron chi connectivity index (χ1n) is 9.03. The van der Waals surface area contributed by atoms with E-state index >= 15 is 0 Å². The SMILES string of the molecule is COCCNC(=O)C(=O)NC[C@H](c1cccnc1)S(=O)(=O)c1cc(C)ccc1C. The number of aryl methyl sites for hydroxylation is 2. The Morgan fingerprint density at radius 2 is 1.86 bits per heavy atom. The van der Waals surface area contributed by atoms with Crippen LogP contribution in [-0.2, 0) is 24.2 Å². The Kier molecular flexibility index (Phi) is 7.86. The van der Waals surface area contributed by atoms with Gasteiger partial charge < -0.3 is 15.4 Å². The standard InChI is InChI=1S/C20H25N3O5S/c1-14-6-7-15(2)17(11-14)29(26,27)18(16-5-4-8-21-12-16)13-23-20(25)19(24)22-9-10-28-3/h4-8,11-12,18H,9-10,13H2,1-3H3,(H,22,24)(H,23,25)/t18-/m1/s1. The molecule has 1 atom stereocenters. The summed E-state index contributed by atoms with van der Waals surface area (Å²) in [7, 11) is -2.38. The summed E-state index contributed by atoms with van der Waals surface area (Å²) < 4.78 is 31.6. The predicted octanol–water partition coefficient (Wildman–Crippen LogP) is 1.09. The van der Waals surface area contributed by atoms with Gasteiger partial charge in [0.05, 0.1) is 11.5 Å². The number of hydrogen-bond acceptors (Lipinski definition) is 6. The molecule has 9 heteroatoms. The van der Waals surface area contributed by atoms with E-state index in [2.05, 4.69) is 15.6 Å². The number of aromatic nitrogens is 1. The van der Waals surface area contributed by atoms with Crippen LogP contribution in [0.3, 0.4) is 0 Å². The molecule has 2 N–H and O–H groups in total. The fraction of sp³-hybridized carbons (Fsp3) is 0.350. The van der Waals surface area contributed by atoms with Crippen molar-refractivity contribution in [3.8, 4) is 0 Å². The van der Waals surface area contributed by atoms with Gasteiger partial charge in [-0.25, -0.2) is 8.42 Å². The Hall–Kier alpha value is -2.78. The van der Waals surface area contributed by atoms with Crippen LogP contribution in [0.2, 0.25) is 0 Å². The average Bonchev–Trinajstić information content (AvgIpc) is 2.70. The van der Waals surface area contributed by atoms with Crippen molar-refractivity contribution in [2.75, 3.05) is 26.8 Å². The van der Waals surface area contributed by atoms with Crippen molar-refractivity contribution in [2.24, 2.45) is 0 Å². The first kappa shape index (κ1) is 22.5. The number of nitrogens with zero attached hydrogens (tertiary/aromatic N) is 1. The van der Waals surface area contributed by atoms with E-state index in [1.54, 1.807) is 31.2 Å². The number of amides is 2. The summed E-state index contributed by atoms with van der Waals surface area (Å²) in [5.41, 5.74) is 1.84. The zero-order chi connectivity index (χ0) is 21.4. The maximum Gasteiger partial charge on any atom is 0.309 e. The predicted molar refractivity (Wildman–Crippen MR) is 108 cm³/mol. The Labute approximate surface area is 170 Å². The number of carbonyl (C=O) groups excluding carboxylic acids is 2. The van der Waals surface area contributed by atoms with Crippen molar-refractivity contribution in [3.05, 3.63) is 59.4 Å². The lowest BCUT2D eigenvalue weighted by Gasteiger charge is -2.20. The number of carbonyl (C=O) groups is 2. The van der Waals surface area contributed by atoms with Crippen molar-refractivity contribution in [1.82, 2.24) is 15.6 Å². The molecule has 0 fully saturated rings. The molecule has 0 unspecified atom stereocenters. The molecule has 1 aromatic heterocycles. The van der Waals surface area contributed by atoms with Gasteiger partial charge in [-0.05, 0) is 42.7 Å². The largest absolute Gasteiger partial charge is 0.383 e. The summed E-state index contributed by atoms with van der Waals surface area (Å²) in [4.78, 5) is 28.1. The minimum atomic E-state index is -3.86. The number of methoxy groups -OCH3 is 1. The van der Waals surface area contributed by atoms with Gasteiger partial charge in [-0.2, -0.15) is 0 Å². The third kappa shape index (κ3) is 5.85. The summed E-state index contributed by atoms with van der Waals surface area (Å²) in [6.07, 6.45) is 2.98. The molecule has 0 aliphatic heterocycles. The number of sulfone groups is 1. The van der Waals surface area contributed by atoms with E-state index in [0.29, 0.717) is 11.1 Å². The second-order valence-electron chi connectivity index (χ2n) is 6.55. The van der Waals surface area contributed by atoms with Crippen LogP contribution in [0, 0.1) is 13.8 Å². The lowest BCUT2D eigenvalue weighted by atomic mass is 10.2. The van der Waals surface area contributed by atoms with Crippen molar-refractivity contribution < 1.29 is 22.7 Å². The molecule has 0 aliphatic rings. The summed E-state index contributed by atoms with van der Waals surface area (Å²) >= 11 is 0. The molecule has 0 aliphatic carbocycles. The summed E-state index contributed by atoms with van der Waals surface area (Å²) in [6, 6.07) is 8.43. The number of nitrogens with one attached hydrogen (secondary N) is 2. The first-order valence-corrected chi connectivity index (χ1v) is 10.6. The molecule has 0 spiro atoms. The van der Waals surface area contributed by atoms with E-state index in [0.717, 1.165) is 5.56 Å². The highest BCUT2D eigenvalue weighted by molar-refractivity contribution is 7.91. The normalized spacial score (nSPS) is 12.2. The van der Waals surface area contributed by atoms with Crippen molar-refractivity contribution in [2.45, 2.75) is 24.0 Å². The van der Waals surface area contributed by atoms with Gasteiger partial charge in [0.2, 0.25) is 0 Å². The van der Waals surface area contributed by atoms with Crippen LogP contribution < -0.4 is 10.6 Å². The molecule has 0 saturated carbocycles. The maximum atomic E-state index is 13.4. The molecule has 2 rings (SSSR count). The number of benzene rings is 1. The van der Waals surface area contributed by atoms with Crippen LogP contribution in [0.15, 0.2) is 47.6 Å². The molecule has 2 aromatic rings. The number of pyridine rings is 1. The lowest BCUT2D eigenvalue weighted by molar-refractivity contribution is -0.139. The Morgan fingerprint density at radius 1 is 1.14 bits per heavy atom. The van der Waals surface area contributed by atoms with E-state index < -0.39 is 26.9 Å². The zero-order valence-electron chi connectivity index (χ0n) is 16.6. The molecule has 2 amide bonds. The number of ether oxygens (including phenoxy) is 1. The minimum Gasteiger partial charge on any atom is -0.383 e. The van der Waals surface area contributed by atoms with Crippen LogP contribution >= 0.6 is 0 Å². The second-order valence-corrected chi connectivity index (χ2v) is 8.65. The van der Waals surface area contributed by atoms with E-state index in [9.17, 15) is 18.0 Å². The van der Waals surface area contributed by atoms with Crippen LogP contribution in [0.25, 0.3) is 0 Å².